The van der Waals surface area contributed by atoms with Crippen LogP contribution in [0.25, 0.3) is 0 Å². The van der Waals surface area contributed by atoms with Gasteiger partial charge < -0.3 is 64.7 Å². The molecule has 0 spiro atoms. The lowest BCUT2D eigenvalue weighted by Gasteiger charge is -2.47. The van der Waals surface area contributed by atoms with E-state index in [1.54, 1.807) is 0 Å². The number of aliphatic hydroxyl groups is 8. The van der Waals surface area contributed by atoms with Crippen LogP contribution in [0.1, 0.15) is 181 Å². The van der Waals surface area contributed by atoms with E-state index in [1.165, 1.54) is 89.9 Å². The summed E-state index contributed by atoms with van der Waals surface area (Å²) in [6, 6.07) is 0. The minimum absolute atomic E-state index is 0.0387. The van der Waals surface area contributed by atoms with Gasteiger partial charge in [0, 0.05) is 12.8 Å². The highest BCUT2D eigenvalue weighted by atomic mass is 31.2. The van der Waals surface area contributed by atoms with Crippen molar-refractivity contribution in [1.29, 1.82) is 0 Å². The Labute approximate surface area is 380 Å². The number of phosphoric acid groups is 1. The number of carbonyl (C=O) groups excluding carboxylic acids is 2. The summed E-state index contributed by atoms with van der Waals surface area (Å²) in [6.07, 6.45) is 3.46. The first kappa shape index (κ1) is 58.8. The molecule has 1 aliphatic heterocycles. The molecule has 13 unspecified atom stereocenters. The van der Waals surface area contributed by atoms with Crippen molar-refractivity contribution in [3.05, 3.63) is 0 Å². The molecule has 9 N–H and O–H groups in total. The lowest BCUT2D eigenvalue weighted by Crippen LogP contribution is -2.67. The number of phosphoric ester groups is 1. The van der Waals surface area contributed by atoms with Gasteiger partial charge in [-0.15, -0.1) is 0 Å². The van der Waals surface area contributed by atoms with Crippen molar-refractivity contribution in [1.82, 2.24) is 0 Å². The molecule has 1 saturated heterocycles. The van der Waals surface area contributed by atoms with Gasteiger partial charge in [-0.3, -0.25) is 18.6 Å². The van der Waals surface area contributed by atoms with Crippen LogP contribution < -0.4 is 0 Å². The first-order valence-corrected chi connectivity index (χ1v) is 25.9. The van der Waals surface area contributed by atoms with E-state index in [2.05, 4.69) is 13.8 Å². The van der Waals surface area contributed by atoms with Gasteiger partial charge in [0.25, 0.3) is 0 Å². The Balaban J connectivity index is 1.97. The number of aliphatic hydroxyl groups excluding tert-OH is 8. The third-order valence-corrected chi connectivity index (χ3v) is 13.0. The van der Waals surface area contributed by atoms with Crippen molar-refractivity contribution in [2.45, 2.75) is 254 Å². The van der Waals surface area contributed by atoms with Crippen molar-refractivity contribution in [3.63, 3.8) is 0 Å². The van der Waals surface area contributed by atoms with Crippen LogP contribution in [-0.2, 0) is 42.1 Å². The van der Waals surface area contributed by atoms with E-state index >= 15 is 0 Å². The molecule has 0 aromatic carbocycles. The van der Waals surface area contributed by atoms with Gasteiger partial charge in [0.05, 0.1) is 13.2 Å². The Morgan fingerprint density at radius 2 is 0.938 bits per heavy atom. The fourth-order valence-electron chi connectivity index (χ4n) is 8.00. The van der Waals surface area contributed by atoms with Crippen molar-refractivity contribution in [2.24, 2.45) is 0 Å². The van der Waals surface area contributed by atoms with Crippen molar-refractivity contribution < 1.29 is 87.9 Å². The molecule has 0 amide bonds. The Morgan fingerprint density at radius 1 is 0.531 bits per heavy atom. The maximum atomic E-state index is 13.4. The van der Waals surface area contributed by atoms with E-state index in [-0.39, 0.29) is 12.8 Å². The predicted octanol–water partition coefficient (Wildman–Crippen LogP) is 4.77. The molecule has 0 radical (unpaired) electrons. The zero-order valence-corrected chi connectivity index (χ0v) is 39.5. The Morgan fingerprint density at radius 3 is 1.39 bits per heavy atom. The number of hydrogen-bond acceptors (Lipinski definition) is 17. The SMILES string of the molecule is CCCCCCCCCCCCCCCC(=O)OCC(COP(=O)(O)OC1C(O)C(O)C(O)C(O)C1OC1OC(CO)C(O)C(O)C1O)OC(=O)CCCCCCCCCCCCC. The normalized spacial score (nSPS) is 28.7. The molecule has 378 valence electrons. The van der Waals surface area contributed by atoms with Gasteiger partial charge in [0.1, 0.15) is 67.6 Å². The van der Waals surface area contributed by atoms with Gasteiger partial charge in [0.15, 0.2) is 12.4 Å². The van der Waals surface area contributed by atoms with Crippen LogP contribution in [0, 0.1) is 0 Å². The van der Waals surface area contributed by atoms with Crippen molar-refractivity contribution in [3.8, 4) is 0 Å². The lowest BCUT2D eigenvalue weighted by atomic mass is 9.84. The van der Waals surface area contributed by atoms with E-state index in [0.717, 1.165) is 51.4 Å². The topological polar surface area (TPSA) is 289 Å². The van der Waals surface area contributed by atoms with E-state index in [9.17, 15) is 59.9 Å². The van der Waals surface area contributed by atoms with Gasteiger partial charge in [-0.1, -0.05) is 155 Å². The summed E-state index contributed by atoms with van der Waals surface area (Å²) in [7, 11) is -5.36. The molecule has 1 saturated carbocycles. The monoisotopic (exact) mass is 945 g/mol. The fraction of sp³-hybridized carbons (Fsp3) is 0.956. The van der Waals surface area contributed by atoms with Gasteiger partial charge in [0.2, 0.25) is 0 Å². The van der Waals surface area contributed by atoms with E-state index in [1.807, 2.05) is 0 Å². The highest BCUT2D eigenvalue weighted by Crippen LogP contribution is 2.48. The predicted molar refractivity (Wildman–Crippen MR) is 236 cm³/mol. The van der Waals surface area contributed by atoms with Crippen LogP contribution >= 0.6 is 7.82 Å². The highest BCUT2D eigenvalue weighted by molar-refractivity contribution is 7.47. The molecule has 1 heterocycles. The van der Waals surface area contributed by atoms with Crippen molar-refractivity contribution >= 4 is 19.8 Å². The second kappa shape index (κ2) is 34.0. The van der Waals surface area contributed by atoms with Crippen LogP contribution in [0.2, 0.25) is 0 Å². The minimum Gasteiger partial charge on any atom is -0.462 e. The molecule has 13 atom stereocenters. The second-order valence-corrected chi connectivity index (χ2v) is 19.1. The van der Waals surface area contributed by atoms with Gasteiger partial charge in [-0.25, -0.2) is 4.57 Å². The largest absolute Gasteiger partial charge is 0.472 e. The summed E-state index contributed by atoms with van der Waals surface area (Å²) in [5, 5.41) is 82.8. The quantitative estimate of drug-likeness (QED) is 0.0230. The maximum absolute atomic E-state index is 13.4. The number of ether oxygens (including phenoxy) is 4. The molecule has 2 fully saturated rings. The molecule has 64 heavy (non-hydrogen) atoms. The molecule has 2 aliphatic rings. The van der Waals surface area contributed by atoms with Crippen LogP contribution in [0.15, 0.2) is 0 Å². The summed E-state index contributed by atoms with van der Waals surface area (Å²) in [4.78, 5) is 36.4. The van der Waals surface area contributed by atoms with E-state index in [0.29, 0.717) is 12.8 Å². The smallest absolute Gasteiger partial charge is 0.462 e. The van der Waals surface area contributed by atoms with Crippen molar-refractivity contribution in [2.75, 3.05) is 19.8 Å². The molecule has 0 aromatic rings. The summed E-state index contributed by atoms with van der Waals surface area (Å²) in [5.41, 5.74) is 0. The van der Waals surface area contributed by atoms with Gasteiger partial charge >= 0.3 is 19.8 Å². The summed E-state index contributed by atoms with van der Waals surface area (Å²) in [6.45, 7) is 2.21. The zero-order valence-electron chi connectivity index (χ0n) is 38.6. The molecule has 1 aliphatic carbocycles. The van der Waals surface area contributed by atoms with Crippen LogP contribution in [0.5, 0.6) is 0 Å². The third-order valence-electron chi connectivity index (χ3n) is 12.1. The molecule has 0 aromatic heterocycles. The third kappa shape index (κ3) is 23.1. The first-order chi connectivity index (χ1) is 30.7. The Kier molecular flexibility index (Phi) is 31.2. The average Bonchev–Trinajstić information content (AvgIpc) is 3.27. The Hall–Kier alpha value is -1.35. The van der Waals surface area contributed by atoms with Gasteiger partial charge in [-0.05, 0) is 12.8 Å². The molecule has 18 nitrogen and oxygen atoms in total. The van der Waals surface area contributed by atoms with Crippen LogP contribution in [-0.4, -0.2) is 151 Å². The number of hydrogen-bond donors (Lipinski definition) is 9. The number of carbonyl (C=O) groups is 2. The standard InChI is InChI=1S/C45H85O18P/c1-3-5-7-9-11-13-15-16-18-19-21-23-25-27-34(47)58-30-32(60-35(48)28-26-24-22-20-17-14-12-10-8-6-4-2)31-59-64(56,57)63-44-41(54)39(52)38(51)40(53)43(44)62-45-42(55)37(50)36(49)33(29-46)61-45/h32-33,36-46,49-55H,3-31H2,1-2H3,(H,56,57). The Bertz CT molecular complexity index is 1260. The molecule has 0 bridgehead atoms. The number of unbranched alkanes of at least 4 members (excludes halogenated alkanes) is 22. The lowest BCUT2D eigenvalue weighted by molar-refractivity contribution is -0.338. The van der Waals surface area contributed by atoms with Crippen LogP contribution in [0.4, 0.5) is 0 Å². The fourth-order valence-corrected chi connectivity index (χ4v) is 8.97. The highest BCUT2D eigenvalue weighted by Gasteiger charge is 2.55. The number of esters is 2. The minimum atomic E-state index is -5.36. The molecular formula is C45H85O18P. The number of rotatable bonds is 37. The molecular weight excluding hydrogens is 859 g/mol. The first-order valence-electron chi connectivity index (χ1n) is 24.4. The summed E-state index contributed by atoms with van der Waals surface area (Å²) in [5.74, 6) is -1.21. The summed E-state index contributed by atoms with van der Waals surface area (Å²) < 4.78 is 45.3. The van der Waals surface area contributed by atoms with E-state index in [4.69, 9.17) is 28.0 Å². The summed E-state index contributed by atoms with van der Waals surface area (Å²) >= 11 is 0. The van der Waals surface area contributed by atoms with Gasteiger partial charge in [-0.2, -0.15) is 0 Å². The molecule has 19 heteroatoms. The maximum Gasteiger partial charge on any atom is 0.472 e. The van der Waals surface area contributed by atoms with Crippen LogP contribution in [0.3, 0.4) is 0 Å². The zero-order chi connectivity index (χ0) is 47.3. The van der Waals surface area contributed by atoms with E-state index < -0.39 is 113 Å². The average molecular weight is 945 g/mol. The molecule has 2 rings (SSSR count). The second-order valence-electron chi connectivity index (χ2n) is 17.7.